The third-order valence-electron chi connectivity index (χ3n) is 2.75. The first-order chi connectivity index (χ1) is 9.81. The third-order valence-corrected chi connectivity index (χ3v) is 2.75. The van der Waals surface area contributed by atoms with Crippen LogP contribution in [0, 0.1) is 0 Å². The molecule has 4 heteroatoms. The fraction of sp³-hybridized carbons (Fsp3) is 0.312. The normalized spacial score (nSPS) is 10.1. The van der Waals surface area contributed by atoms with E-state index in [0.29, 0.717) is 6.61 Å². The van der Waals surface area contributed by atoms with Crippen molar-refractivity contribution in [3.63, 3.8) is 0 Å². The Hall–Kier alpha value is -2.23. The van der Waals surface area contributed by atoms with E-state index in [1.807, 2.05) is 43.6 Å². The monoisotopic (exact) mass is 271 g/mol. The molecule has 1 heterocycles. The minimum absolute atomic E-state index is 0.668. The van der Waals surface area contributed by atoms with Gasteiger partial charge in [-0.3, -0.25) is 4.98 Å². The van der Waals surface area contributed by atoms with Gasteiger partial charge in [0.15, 0.2) is 0 Å². The first-order valence-electron chi connectivity index (χ1n) is 7.00. The number of nitrogens with zero attached hydrogens (tertiary/aromatic N) is 1. The maximum absolute atomic E-state index is 5.49. The Morgan fingerprint density at radius 3 is 2.70 bits per heavy atom. The molecule has 0 spiro atoms. The third kappa shape index (κ3) is 4.16. The van der Waals surface area contributed by atoms with Crippen LogP contribution in [0.5, 0.6) is 5.75 Å². The molecular weight excluding hydrogens is 250 g/mol. The minimum Gasteiger partial charge on any atom is -0.494 e. The van der Waals surface area contributed by atoms with Gasteiger partial charge in [0.05, 0.1) is 30.4 Å². The van der Waals surface area contributed by atoms with Crippen molar-refractivity contribution in [2.24, 2.45) is 0 Å². The summed E-state index contributed by atoms with van der Waals surface area (Å²) in [6.45, 7) is 5.74. The number of hydrogen-bond donors (Lipinski definition) is 2. The zero-order valence-electron chi connectivity index (χ0n) is 12.0. The molecule has 0 unspecified atom stereocenters. The Morgan fingerprint density at radius 2 is 1.90 bits per heavy atom. The summed E-state index contributed by atoms with van der Waals surface area (Å²) >= 11 is 0. The molecular formula is C16H21N3O. The van der Waals surface area contributed by atoms with Crippen LogP contribution in [-0.4, -0.2) is 18.1 Å². The lowest BCUT2D eigenvalue weighted by Crippen LogP contribution is -2.01. The zero-order chi connectivity index (χ0) is 14.2. The highest BCUT2D eigenvalue weighted by Gasteiger charge is 1.99. The van der Waals surface area contributed by atoms with Gasteiger partial charge in [0, 0.05) is 18.3 Å². The molecule has 0 bridgehead atoms. The molecule has 20 heavy (non-hydrogen) atoms. The van der Waals surface area contributed by atoms with Crippen molar-refractivity contribution in [2.75, 3.05) is 23.8 Å². The van der Waals surface area contributed by atoms with Crippen molar-refractivity contribution in [3.05, 3.63) is 42.7 Å². The highest BCUT2D eigenvalue weighted by molar-refractivity contribution is 5.64. The second-order valence-electron chi connectivity index (χ2n) is 4.47. The smallest absolute Gasteiger partial charge is 0.121 e. The second kappa shape index (κ2) is 7.38. The molecule has 0 radical (unpaired) electrons. The molecule has 0 saturated heterocycles. The summed E-state index contributed by atoms with van der Waals surface area (Å²) in [5, 5.41) is 6.66. The zero-order valence-corrected chi connectivity index (χ0v) is 12.0. The molecule has 2 rings (SSSR count). The molecule has 0 aliphatic rings. The van der Waals surface area contributed by atoms with Gasteiger partial charge in [0.2, 0.25) is 0 Å². The van der Waals surface area contributed by atoms with Gasteiger partial charge < -0.3 is 15.4 Å². The number of ether oxygens (including phenoxy) is 1. The fourth-order valence-electron chi connectivity index (χ4n) is 1.87. The largest absolute Gasteiger partial charge is 0.494 e. The van der Waals surface area contributed by atoms with E-state index in [2.05, 4.69) is 28.6 Å². The van der Waals surface area contributed by atoms with E-state index in [-0.39, 0.29) is 0 Å². The molecule has 0 saturated carbocycles. The maximum atomic E-state index is 5.49. The molecule has 106 valence electrons. The number of pyridine rings is 1. The highest BCUT2D eigenvalue weighted by Crippen LogP contribution is 2.22. The minimum atomic E-state index is 0.668. The lowest BCUT2D eigenvalue weighted by Gasteiger charge is -2.10. The number of aromatic nitrogens is 1. The Kier molecular flexibility index (Phi) is 5.24. The van der Waals surface area contributed by atoms with Gasteiger partial charge in [-0.25, -0.2) is 0 Å². The maximum Gasteiger partial charge on any atom is 0.121 e. The van der Waals surface area contributed by atoms with E-state index in [0.717, 1.165) is 35.8 Å². The first kappa shape index (κ1) is 14.2. The van der Waals surface area contributed by atoms with Crippen molar-refractivity contribution < 1.29 is 4.74 Å². The van der Waals surface area contributed by atoms with Gasteiger partial charge in [-0.15, -0.1) is 0 Å². The van der Waals surface area contributed by atoms with Crippen molar-refractivity contribution >= 4 is 17.1 Å². The lowest BCUT2D eigenvalue weighted by atomic mass is 10.3. The SMILES string of the molecule is CCCNc1cncc(Nc2cccc(OCC)c2)c1. The van der Waals surface area contributed by atoms with Crippen LogP contribution < -0.4 is 15.4 Å². The standard InChI is InChI=1S/C16H21N3O/c1-3-8-18-14-9-15(12-17-11-14)19-13-6-5-7-16(10-13)20-4-2/h5-7,9-12,18-19H,3-4,8H2,1-2H3. The van der Waals surface area contributed by atoms with Crippen molar-refractivity contribution in [3.8, 4) is 5.75 Å². The van der Waals surface area contributed by atoms with Crippen LogP contribution in [0.2, 0.25) is 0 Å². The lowest BCUT2D eigenvalue weighted by molar-refractivity contribution is 0.340. The molecule has 1 aromatic carbocycles. The summed E-state index contributed by atoms with van der Waals surface area (Å²) < 4.78 is 5.49. The number of rotatable bonds is 7. The Labute approximate surface area is 120 Å². The van der Waals surface area contributed by atoms with E-state index >= 15 is 0 Å². The Morgan fingerprint density at radius 1 is 1.05 bits per heavy atom. The van der Waals surface area contributed by atoms with Gasteiger partial charge in [-0.2, -0.15) is 0 Å². The van der Waals surface area contributed by atoms with E-state index in [4.69, 9.17) is 4.74 Å². The summed E-state index contributed by atoms with van der Waals surface area (Å²) in [7, 11) is 0. The Bertz CT molecular complexity index is 543. The average Bonchev–Trinajstić information content (AvgIpc) is 2.46. The topological polar surface area (TPSA) is 46.2 Å². The van der Waals surface area contributed by atoms with Crippen LogP contribution in [0.3, 0.4) is 0 Å². The van der Waals surface area contributed by atoms with Crippen LogP contribution in [0.1, 0.15) is 20.3 Å². The summed E-state index contributed by atoms with van der Waals surface area (Å²) in [6.07, 6.45) is 4.73. The van der Waals surface area contributed by atoms with Gasteiger partial charge in [-0.05, 0) is 31.5 Å². The second-order valence-corrected chi connectivity index (χ2v) is 4.47. The molecule has 2 N–H and O–H groups in total. The molecule has 0 aliphatic carbocycles. The molecule has 0 amide bonds. The van der Waals surface area contributed by atoms with E-state index in [1.165, 1.54) is 0 Å². The summed E-state index contributed by atoms with van der Waals surface area (Å²) in [4.78, 5) is 4.24. The fourth-order valence-corrected chi connectivity index (χ4v) is 1.87. The predicted octanol–water partition coefficient (Wildman–Crippen LogP) is 4.05. The highest BCUT2D eigenvalue weighted by atomic mass is 16.5. The molecule has 0 fully saturated rings. The Balaban J connectivity index is 2.07. The molecule has 0 aliphatic heterocycles. The summed E-state index contributed by atoms with van der Waals surface area (Å²) in [5.41, 5.74) is 2.97. The summed E-state index contributed by atoms with van der Waals surface area (Å²) in [5.74, 6) is 0.866. The van der Waals surface area contributed by atoms with Gasteiger partial charge in [-0.1, -0.05) is 13.0 Å². The van der Waals surface area contributed by atoms with E-state index in [1.54, 1.807) is 0 Å². The van der Waals surface area contributed by atoms with Gasteiger partial charge in [0.25, 0.3) is 0 Å². The molecule has 2 aromatic rings. The van der Waals surface area contributed by atoms with E-state index in [9.17, 15) is 0 Å². The number of benzene rings is 1. The number of nitrogens with one attached hydrogen (secondary N) is 2. The van der Waals surface area contributed by atoms with Gasteiger partial charge in [0.1, 0.15) is 5.75 Å². The van der Waals surface area contributed by atoms with Crippen molar-refractivity contribution in [1.82, 2.24) is 4.98 Å². The first-order valence-corrected chi connectivity index (χ1v) is 7.00. The average molecular weight is 271 g/mol. The van der Waals surface area contributed by atoms with Crippen LogP contribution in [0.4, 0.5) is 17.1 Å². The number of anilines is 3. The van der Waals surface area contributed by atoms with Crippen molar-refractivity contribution in [2.45, 2.75) is 20.3 Å². The van der Waals surface area contributed by atoms with Gasteiger partial charge >= 0.3 is 0 Å². The van der Waals surface area contributed by atoms with Crippen LogP contribution in [-0.2, 0) is 0 Å². The van der Waals surface area contributed by atoms with Crippen LogP contribution in [0.25, 0.3) is 0 Å². The molecule has 0 atom stereocenters. The van der Waals surface area contributed by atoms with E-state index < -0.39 is 0 Å². The summed E-state index contributed by atoms with van der Waals surface area (Å²) in [6, 6.07) is 9.96. The number of hydrogen-bond acceptors (Lipinski definition) is 4. The van der Waals surface area contributed by atoms with Crippen LogP contribution in [0.15, 0.2) is 42.7 Å². The molecule has 1 aromatic heterocycles. The quantitative estimate of drug-likeness (QED) is 0.797. The van der Waals surface area contributed by atoms with Crippen molar-refractivity contribution in [1.29, 1.82) is 0 Å². The van der Waals surface area contributed by atoms with Crippen LogP contribution >= 0.6 is 0 Å². The molecule has 4 nitrogen and oxygen atoms in total. The predicted molar refractivity (Wildman–Crippen MR) is 83.9 cm³/mol.